The predicted octanol–water partition coefficient (Wildman–Crippen LogP) is 10.4. The molecule has 54 heavy (non-hydrogen) atoms. The van der Waals surface area contributed by atoms with Gasteiger partial charge in [0.05, 0.1) is 35.0 Å². The van der Waals surface area contributed by atoms with Crippen LogP contribution in [0.15, 0.2) is 48.7 Å². The molecule has 3 aromatic carbocycles. The zero-order valence-corrected chi connectivity index (χ0v) is 32.6. The molecule has 0 unspecified atom stereocenters. The smallest absolute Gasteiger partial charge is 0.223 e. The highest BCUT2D eigenvalue weighted by atomic mass is 16.2. The van der Waals surface area contributed by atoms with Gasteiger partial charge in [0.15, 0.2) is 0 Å². The lowest BCUT2D eigenvalue weighted by molar-refractivity contribution is -0.136. The van der Waals surface area contributed by atoms with Crippen LogP contribution >= 0.6 is 0 Å². The van der Waals surface area contributed by atoms with Gasteiger partial charge in [0, 0.05) is 35.9 Å². The van der Waals surface area contributed by atoms with E-state index in [2.05, 4.69) is 89.9 Å². The minimum atomic E-state index is -0.00517. The summed E-state index contributed by atoms with van der Waals surface area (Å²) in [5.74, 6) is 3.25. The van der Waals surface area contributed by atoms with Gasteiger partial charge in [-0.05, 0) is 123 Å². The van der Waals surface area contributed by atoms with Crippen LogP contribution in [0.2, 0.25) is 0 Å². The molecule has 3 fully saturated rings. The van der Waals surface area contributed by atoms with Gasteiger partial charge in [-0.2, -0.15) is 0 Å². The molecule has 4 aliphatic rings. The van der Waals surface area contributed by atoms with Crippen LogP contribution in [-0.4, -0.2) is 53.6 Å². The van der Waals surface area contributed by atoms with Crippen LogP contribution in [0.1, 0.15) is 140 Å². The molecule has 9 rings (SSSR count). The summed E-state index contributed by atoms with van der Waals surface area (Å²) in [6, 6.07) is 16.2. The summed E-state index contributed by atoms with van der Waals surface area (Å²) in [5.41, 5.74) is 9.69. The van der Waals surface area contributed by atoms with Crippen LogP contribution < -0.4 is 0 Å². The fourth-order valence-electron chi connectivity index (χ4n) is 10.6. The number of hydrogen-bond donors (Lipinski definition) is 2. The Morgan fingerprint density at radius 2 is 1.46 bits per heavy atom. The van der Waals surface area contributed by atoms with E-state index in [4.69, 9.17) is 9.97 Å². The zero-order valence-electron chi connectivity index (χ0n) is 32.6. The van der Waals surface area contributed by atoms with Crippen molar-refractivity contribution < 1.29 is 9.59 Å². The van der Waals surface area contributed by atoms with Crippen LogP contribution in [-0.2, 0) is 22.4 Å². The molecule has 0 radical (unpaired) electrons. The van der Waals surface area contributed by atoms with E-state index in [-0.39, 0.29) is 30.1 Å². The molecule has 282 valence electrons. The molecule has 0 bridgehead atoms. The molecule has 8 heteroatoms. The number of nitrogens with one attached hydrogen (secondary N) is 2. The van der Waals surface area contributed by atoms with Gasteiger partial charge in [-0.3, -0.25) is 9.59 Å². The Labute approximate surface area is 319 Å². The molecule has 2 aromatic heterocycles. The highest BCUT2D eigenvalue weighted by molar-refractivity contribution is 6.05. The van der Waals surface area contributed by atoms with Crippen molar-refractivity contribution in [3.63, 3.8) is 0 Å². The topological polar surface area (TPSA) is 98.0 Å². The van der Waals surface area contributed by atoms with Gasteiger partial charge < -0.3 is 19.8 Å². The van der Waals surface area contributed by atoms with Gasteiger partial charge in [0.1, 0.15) is 11.6 Å². The summed E-state index contributed by atoms with van der Waals surface area (Å²) >= 11 is 0. The number of amides is 2. The lowest BCUT2D eigenvalue weighted by Crippen LogP contribution is -2.37. The number of rotatable bonds is 8. The molecule has 2 N–H and O–H groups in total. The van der Waals surface area contributed by atoms with Crippen LogP contribution in [0.5, 0.6) is 0 Å². The summed E-state index contributed by atoms with van der Waals surface area (Å²) in [7, 11) is 0. The number of nitrogens with zero attached hydrogens (tertiary/aromatic N) is 4. The van der Waals surface area contributed by atoms with Gasteiger partial charge in [0.25, 0.3) is 0 Å². The van der Waals surface area contributed by atoms with Crippen molar-refractivity contribution in [2.24, 2.45) is 11.8 Å². The molecule has 0 spiro atoms. The lowest BCUT2D eigenvalue weighted by atomic mass is 9.86. The summed E-state index contributed by atoms with van der Waals surface area (Å²) in [6.07, 6.45) is 16.7. The lowest BCUT2D eigenvalue weighted by Gasteiger charge is -2.30. The fraction of sp³-hybridized carbons (Fsp3) is 0.522. The molecule has 2 saturated heterocycles. The molecular weight excluding hydrogens is 669 g/mol. The summed E-state index contributed by atoms with van der Waals surface area (Å²) in [5, 5.41) is 2.31. The van der Waals surface area contributed by atoms with Gasteiger partial charge >= 0.3 is 0 Å². The molecule has 4 heterocycles. The van der Waals surface area contributed by atoms with Gasteiger partial charge in [-0.25, -0.2) is 9.97 Å². The van der Waals surface area contributed by atoms with Gasteiger partial charge in [0.2, 0.25) is 11.8 Å². The Kier molecular flexibility index (Phi) is 9.35. The average molecular weight is 725 g/mol. The van der Waals surface area contributed by atoms with Crippen molar-refractivity contribution in [1.29, 1.82) is 0 Å². The molecule has 2 aliphatic heterocycles. The monoisotopic (exact) mass is 724 g/mol. The Hall–Kier alpha value is -4.46. The third-order valence-electron chi connectivity index (χ3n) is 13.3. The predicted molar refractivity (Wildman–Crippen MR) is 216 cm³/mol. The molecule has 5 aromatic rings. The Balaban J connectivity index is 0.979. The Morgan fingerprint density at radius 1 is 0.759 bits per heavy atom. The standard InChI is InChI=1S/C46H56N6O2/c1-27(2)23-42(53)52-29(4)14-22-41(52)46-48-38-20-16-32-25-31(15-17-34(32)44(38)50-46)33-18-19-37(36-12-8-11-35(33)36)39-26-47-45(49-39)40-21-13-28(3)51(40)43(54)24-30-9-6-5-7-10-30/h15-20,25-30,40-41H,5-14,21-24H2,1-4H3,(H,47,49)(H,48,50)/t28-,29-,40-,41-/m0/s1. The first-order valence-electron chi connectivity index (χ1n) is 21.0. The van der Waals surface area contributed by atoms with Crippen LogP contribution in [0, 0.1) is 11.8 Å². The van der Waals surface area contributed by atoms with E-state index in [1.165, 1.54) is 65.3 Å². The minimum absolute atomic E-state index is 0.00517. The van der Waals surface area contributed by atoms with Gasteiger partial charge in [-0.1, -0.05) is 63.4 Å². The highest BCUT2D eigenvalue weighted by Gasteiger charge is 2.39. The Morgan fingerprint density at radius 3 is 2.22 bits per heavy atom. The molecule has 8 nitrogen and oxygen atoms in total. The third-order valence-corrected chi connectivity index (χ3v) is 13.3. The van der Waals surface area contributed by atoms with Gasteiger partial charge in [-0.15, -0.1) is 0 Å². The quantitative estimate of drug-likeness (QED) is 0.166. The van der Waals surface area contributed by atoms with E-state index in [1.807, 2.05) is 6.20 Å². The molecular formula is C46H56N6O2. The summed E-state index contributed by atoms with van der Waals surface area (Å²) in [4.78, 5) is 48.6. The SMILES string of the molecule is CC(C)CC(=O)N1[C@@H](C)CC[C@H]1c1nc2c(ccc3cc(-c4ccc(-c5cnc([C@@H]6CC[C@H](C)N6C(=O)CC6CCCCC6)[nH]5)c5c4CCC5)ccc32)[nH]1. The normalized spacial score (nSPS) is 23.4. The number of benzene rings is 3. The van der Waals surface area contributed by atoms with E-state index >= 15 is 0 Å². The van der Waals surface area contributed by atoms with Crippen molar-refractivity contribution >= 4 is 33.6 Å². The van der Waals surface area contributed by atoms with Crippen molar-refractivity contribution in [2.75, 3.05) is 0 Å². The van der Waals surface area contributed by atoms with Crippen molar-refractivity contribution in [3.05, 3.63) is 71.4 Å². The third kappa shape index (κ3) is 6.33. The number of H-pyrrole nitrogens is 2. The summed E-state index contributed by atoms with van der Waals surface area (Å²) < 4.78 is 0. The first kappa shape index (κ1) is 35.3. The summed E-state index contributed by atoms with van der Waals surface area (Å²) in [6.45, 7) is 8.60. The number of carbonyl (C=O) groups excluding carboxylic acids is 2. The first-order chi connectivity index (χ1) is 26.2. The number of hydrogen-bond acceptors (Lipinski definition) is 4. The fourth-order valence-corrected chi connectivity index (χ4v) is 10.6. The second-order valence-corrected chi connectivity index (χ2v) is 17.5. The molecule has 2 amide bonds. The number of aromatic nitrogens is 4. The maximum Gasteiger partial charge on any atom is 0.223 e. The van der Waals surface area contributed by atoms with Crippen LogP contribution in [0.3, 0.4) is 0 Å². The van der Waals surface area contributed by atoms with E-state index in [1.54, 1.807) is 0 Å². The highest BCUT2D eigenvalue weighted by Crippen LogP contribution is 2.42. The number of aromatic amines is 2. The second-order valence-electron chi connectivity index (χ2n) is 17.5. The number of fused-ring (bicyclic) bond motifs is 4. The van der Waals surface area contributed by atoms with Crippen LogP contribution in [0.4, 0.5) is 0 Å². The Bertz CT molecular complexity index is 2210. The average Bonchev–Trinajstić information content (AvgIpc) is 4.01. The minimum Gasteiger partial charge on any atom is -0.340 e. The van der Waals surface area contributed by atoms with E-state index < -0.39 is 0 Å². The second kappa shape index (κ2) is 14.3. The largest absolute Gasteiger partial charge is 0.340 e. The van der Waals surface area contributed by atoms with E-state index in [0.29, 0.717) is 30.6 Å². The number of likely N-dealkylation sites (tertiary alicyclic amines) is 2. The van der Waals surface area contributed by atoms with Crippen molar-refractivity contribution in [2.45, 2.75) is 142 Å². The van der Waals surface area contributed by atoms with Crippen molar-refractivity contribution in [1.82, 2.24) is 29.7 Å². The maximum absolute atomic E-state index is 13.7. The number of imidazole rings is 2. The van der Waals surface area contributed by atoms with Crippen LogP contribution in [0.25, 0.3) is 44.2 Å². The molecule has 2 aliphatic carbocycles. The first-order valence-corrected chi connectivity index (χ1v) is 21.0. The maximum atomic E-state index is 13.7. The molecule has 1 saturated carbocycles. The zero-order chi connectivity index (χ0) is 37.1. The van der Waals surface area contributed by atoms with E-state index in [9.17, 15) is 9.59 Å². The van der Waals surface area contributed by atoms with E-state index in [0.717, 1.165) is 78.7 Å². The molecule has 4 atom stereocenters. The number of carbonyl (C=O) groups is 2. The van der Waals surface area contributed by atoms with Crippen molar-refractivity contribution in [3.8, 4) is 22.4 Å².